The van der Waals surface area contributed by atoms with Crippen LogP contribution in [0.5, 0.6) is 5.75 Å². The lowest BCUT2D eigenvalue weighted by atomic mass is 10.2. The maximum Gasteiger partial charge on any atom is 0.279 e. The van der Waals surface area contributed by atoms with Gasteiger partial charge in [0.1, 0.15) is 5.75 Å². The van der Waals surface area contributed by atoms with E-state index in [0.29, 0.717) is 17.0 Å². The fraction of sp³-hybridized carbons (Fsp3) is 0.238. The fourth-order valence-corrected chi connectivity index (χ4v) is 4.70. The molecule has 0 saturated heterocycles. The Hall–Kier alpha value is -2.89. The summed E-state index contributed by atoms with van der Waals surface area (Å²) in [4.78, 5) is 17.5. The zero-order valence-electron chi connectivity index (χ0n) is 16.1. The van der Waals surface area contributed by atoms with Crippen molar-refractivity contribution in [3.05, 3.63) is 52.8 Å². The van der Waals surface area contributed by atoms with Crippen LogP contribution in [0.4, 0.5) is 0 Å². The molecule has 3 rings (SSSR count). The van der Waals surface area contributed by atoms with Gasteiger partial charge in [0.2, 0.25) is 0 Å². The number of amides is 1. The summed E-state index contributed by atoms with van der Waals surface area (Å²) in [5, 5.41) is 0. The second-order valence-electron chi connectivity index (χ2n) is 6.08. The average Bonchev–Trinajstić information content (AvgIpc) is 3.05. The van der Waals surface area contributed by atoms with Gasteiger partial charge in [-0.2, -0.15) is 4.99 Å². The second kappa shape index (κ2) is 8.64. The van der Waals surface area contributed by atoms with Crippen LogP contribution >= 0.6 is 11.3 Å². The Labute approximate surface area is 173 Å². The summed E-state index contributed by atoms with van der Waals surface area (Å²) in [6, 6.07) is 11.4. The molecule has 0 aliphatic carbocycles. The molecule has 1 heterocycles. The van der Waals surface area contributed by atoms with Gasteiger partial charge in [-0.1, -0.05) is 24.2 Å². The molecule has 0 aliphatic rings. The highest BCUT2D eigenvalue weighted by Crippen LogP contribution is 2.23. The zero-order chi connectivity index (χ0) is 21.0. The minimum atomic E-state index is -3.32. The van der Waals surface area contributed by atoms with Crippen LogP contribution in [0.15, 0.2) is 52.4 Å². The molecular weight excluding hydrogens is 408 g/mol. The third-order valence-electron chi connectivity index (χ3n) is 4.25. The van der Waals surface area contributed by atoms with Crippen molar-refractivity contribution >= 4 is 37.3 Å². The standard InChI is InChI=1S/C21H20N2O4S2/c1-4-13-23-18-12-9-16(27-5-2)14-19(18)28-21(23)22-20(24)15-7-10-17(11-8-15)29(25,26)6-3/h1,7-12,14H,5-6,13H2,2-3H3. The van der Waals surface area contributed by atoms with Gasteiger partial charge in [0.05, 0.1) is 34.0 Å². The molecule has 0 bridgehead atoms. The number of carbonyl (C=O) groups excluding carboxylic acids is 1. The zero-order valence-corrected chi connectivity index (χ0v) is 17.7. The molecule has 0 spiro atoms. The number of hydrogen-bond donors (Lipinski definition) is 0. The number of terminal acetylenes is 1. The second-order valence-corrected chi connectivity index (χ2v) is 9.37. The Morgan fingerprint density at radius 3 is 2.55 bits per heavy atom. The van der Waals surface area contributed by atoms with E-state index in [2.05, 4.69) is 10.9 Å². The van der Waals surface area contributed by atoms with Crippen molar-refractivity contribution in [3.8, 4) is 18.1 Å². The minimum absolute atomic E-state index is 0.00226. The largest absolute Gasteiger partial charge is 0.494 e. The van der Waals surface area contributed by atoms with Crippen LogP contribution in [0.25, 0.3) is 10.2 Å². The van der Waals surface area contributed by atoms with Crippen LogP contribution in [-0.2, 0) is 16.4 Å². The van der Waals surface area contributed by atoms with E-state index in [1.165, 1.54) is 35.6 Å². The van der Waals surface area contributed by atoms with E-state index in [9.17, 15) is 13.2 Å². The van der Waals surface area contributed by atoms with Crippen LogP contribution in [0.3, 0.4) is 0 Å². The fourth-order valence-electron chi connectivity index (χ4n) is 2.76. The molecule has 1 amide bonds. The first kappa shape index (κ1) is 20.8. The molecule has 8 heteroatoms. The molecule has 0 saturated carbocycles. The number of hydrogen-bond acceptors (Lipinski definition) is 5. The van der Waals surface area contributed by atoms with Gasteiger partial charge >= 0.3 is 0 Å². The summed E-state index contributed by atoms with van der Waals surface area (Å²) in [6.45, 7) is 4.31. The number of ether oxygens (including phenoxy) is 1. The Bertz CT molecular complexity index is 1260. The highest BCUT2D eigenvalue weighted by molar-refractivity contribution is 7.91. The van der Waals surface area contributed by atoms with Crippen molar-refractivity contribution in [2.45, 2.75) is 25.3 Å². The third-order valence-corrected chi connectivity index (χ3v) is 7.04. The molecule has 29 heavy (non-hydrogen) atoms. The maximum atomic E-state index is 12.6. The molecule has 3 aromatic rings. The molecular formula is C21H20N2O4S2. The van der Waals surface area contributed by atoms with E-state index in [1.54, 1.807) is 11.5 Å². The molecule has 0 radical (unpaired) electrons. The predicted molar refractivity (Wildman–Crippen MR) is 114 cm³/mol. The lowest BCUT2D eigenvalue weighted by Crippen LogP contribution is -2.16. The molecule has 0 N–H and O–H groups in total. The molecule has 6 nitrogen and oxygen atoms in total. The topological polar surface area (TPSA) is 77.7 Å². The first-order valence-electron chi connectivity index (χ1n) is 9.01. The van der Waals surface area contributed by atoms with Gasteiger partial charge in [-0.25, -0.2) is 8.42 Å². The van der Waals surface area contributed by atoms with E-state index in [-0.39, 0.29) is 17.2 Å². The van der Waals surface area contributed by atoms with Crippen molar-refractivity contribution in [2.75, 3.05) is 12.4 Å². The quantitative estimate of drug-likeness (QED) is 0.565. The molecule has 0 atom stereocenters. The number of thiazole rings is 1. The molecule has 1 aromatic heterocycles. The van der Waals surface area contributed by atoms with E-state index < -0.39 is 15.7 Å². The Balaban J connectivity index is 2.03. The average molecular weight is 429 g/mol. The molecule has 0 unspecified atom stereocenters. The molecule has 150 valence electrons. The Morgan fingerprint density at radius 1 is 1.21 bits per heavy atom. The van der Waals surface area contributed by atoms with Gasteiger partial charge < -0.3 is 9.30 Å². The van der Waals surface area contributed by atoms with Crippen LogP contribution < -0.4 is 9.54 Å². The van der Waals surface area contributed by atoms with Crippen molar-refractivity contribution in [3.63, 3.8) is 0 Å². The number of aromatic nitrogens is 1. The van der Waals surface area contributed by atoms with Gasteiger partial charge in [-0.3, -0.25) is 4.79 Å². The summed E-state index contributed by atoms with van der Waals surface area (Å²) >= 11 is 1.34. The summed E-state index contributed by atoms with van der Waals surface area (Å²) in [5.41, 5.74) is 1.17. The molecule has 0 fully saturated rings. The van der Waals surface area contributed by atoms with Crippen LogP contribution in [0.1, 0.15) is 24.2 Å². The van der Waals surface area contributed by atoms with Gasteiger partial charge in [0.15, 0.2) is 14.6 Å². The van der Waals surface area contributed by atoms with Gasteiger partial charge in [-0.05, 0) is 49.4 Å². The first-order valence-corrected chi connectivity index (χ1v) is 11.5. The SMILES string of the molecule is C#CCn1c(=NC(=O)c2ccc(S(=O)(=O)CC)cc2)sc2cc(OCC)ccc21. The van der Waals surface area contributed by atoms with Crippen molar-refractivity contribution in [1.29, 1.82) is 0 Å². The Kier molecular flexibility index (Phi) is 6.20. The van der Waals surface area contributed by atoms with Crippen molar-refractivity contribution in [2.24, 2.45) is 4.99 Å². The van der Waals surface area contributed by atoms with Gasteiger partial charge in [-0.15, -0.1) is 6.42 Å². The number of rotatable bonds is 6. The van der Waals surface area contributed by atoms with E-state index in [1.807, 2.05) is 25.1 Å². The number of fused-ring (bicyclic) bond motifs is 1. The maximum absolute atomic E-state index is 12.6. The number of sulfone groups is 1. The Morgan fingerprint density at radius 2 is 1.93 bits per heavy atom. The first-order chi connectivity index (χ1) is 13.9. The number of carbonyl (C=O) groups is 1. The van der Waals surface area contributed by atoms with Crippen LogP contribution in [0.2, 0.25) is 0 Å². The molecule has 2 aromatic carbocycles. The summed E-state index contributed by atoms with van der Waals surface area (Å²) in [5.74, 6) is 2.86. The van der Waals surface area contributed by atoms with E-state index >= 15 is 0 Å². The summed E-state index contributed by atoms with van der Waals surface area (Å²) in [7, 11) is -3.32. The van der Waals surface area contributed by atoms with Gasteiger partial charge in [0.25, 0.3) is 5.91 Å². The lowest BCUT2D eigenvalue weighted by molar-refractivity contribution is 0.0998. The summed E-state index contributed by atoms with van der Waals surface area (Å²) in [6.07, 6.45) is 5.50. The van der Waals surface area contributed by atoms with Crippen LogP contribution in [-0.4, -0.2) is 31.3 Å². The number of nitrogens with zero attached hydrogens (tertiary/aromatic N) is 2. The van der Waals surface area contributed by atoms with Gasteiger partial charge in [0, 0.05) is 5.56 Å². The third kappa shape index (κ3) is 4.42. The predicted octanol–water partition coefficient (Wildman–Crippen LogP) is 3.27. The van der Waals surface area contributed by atoms with Crippen molar-refractivity contribution < 1.29 is 17.9 Å². The minimum Gasteiger partial charge on any atom is -0.494 e. The van der Waals surface area contributed by atoms with E-state index in [0.717, 1.165) is 16.0 Å². The lowest BCUT2D eigenvalue weighted by Gasteiger charge is -2.03. The molecule has 0 aliphatic heterocycles. The highest BCUT2D eigenvalue weighted by atomic mass is 32.2. The summed E-state index contributed by atoms with van der Waals surface area (Å²) < 4.78 is 32.1. The normalized spacial score (nSPS) is 12.1. The van der Waals surface area contributed by atoms with Crippen LogP contribution in [0, 0.1) is 12.3 Å². The number of benzene rings is 2. The smallest absolute Gasteiger partial charge is 0.279 e. The highest BCUT2D eigenvalue weighted by Gasteiger charge is 2.13. The van der Waals surface area contributed by atoms with E-state index in [4.69, 9.17) is 11.2 Å². The van der Waals surface area contributed by atoms with Crippen molar-refractivity contribution in [1.82, 2.24) is 4.57 Å². The monoisotopic (exact) mass is 428 g/mol.